The Bertz CT molecular complexity index is 2240. The molecule has 0 bridgehead atoms. The topological polar surface area (TPSA) is 4.93 Å². The minimum absolute atomic E-state index is 0.0604. The van der Waals surface area contributed by atoms with E-state index in [9.17, 15) is 0 Å². The second-order valence-corrected chi connectivity index (χ2v) is 13.0. The number of benzene rings is 6. The number of para-hydroxylation sites is 2. The molecule has 3 heterocycles. The highest BCUT2D eigenvalue weighted by Gasteiger charge is 2.43. The molecule has 1 aromatic heterocycles. The predicted molar refractivity (Wildman–Crippen MR) is 173 cm³/mol. The lowest BCUT2D eigenvalue weighted by molar-refractivity contribution is 0.594. The van der Waals surface area contributed by atoms with Gasteiger partial charge in [0, 0.05) is 21.6 Å². The van der Waals surface area contributed by atoms with Gasteiger partial charge < -0.3 is 4.57 Å². The minimum Gasteiger partial charge on any atom is -0.308 e. The summed E-state index contributed by atoms with van der Waals surface area (Å²) in [5, 5.41) is 5.31. The molecular weight excluding hydrogens is 494 g/mol. The summed E-state index contributed by atoms with van der Waals surface area (Å²) < 4.78 is 2.61. The number of fused-ring (bicyclic) bond motifs is 2. The summed E-state index contributed by atoms with van der Waals surface area (Å²) in [6.07, 6.45) is 0. The van der Waals surface area contributed by atoms with Crippen molar-refractivity contribution in [1.82, 2.24) is 4.57 Å². The molecule has 6 aromatic carbocycles. The van der Waals surface area contributed by atoms with Crippen molar-refractivity contribution in [3.63, 3.8) is 0 Å². The summed E-state index contributed by atoms with van der Waals surface area (Å²) in [6, 6.07) is 43.2. The molecule has 2 aliphatic rings. The maximum absolute atomic E-state index is 2.61. The number of nitrogens with zero attached hydrogens (tertiary/aromatic N) is 1. The third kappa shape index (κ3) is 2.77. The lowest BCUT2D eigenvalue weighted by Gasteiger charge is -2.42. The molecule has 0 amide bonds. The molecule has 0 unspecified atom stereocenters. The van der Waals surface area contributed by atoms with Crippen LogP contribution >= 0.6 is 0 Å². The summed E-state index contributed by atoms with van der Waals surface area (Å²) in [5.41, 5.74) is 14.8. The second-order valence-electron chi connectivity index (χ2n) is 13.0. The van der Waals surface area contributed by atoms with Gasteiger partial charge in [0.2, 0.25) is 0 Å². The van der Waals surface area contributed by atoms with Crippen molar-refractivity contribution in [1.29, 1.82) is 0 Å². The van der Waals surface area contributed by atoms with E-state index in [4.69, 9.17) is 0 Å². The molecule has 0 fully saturated rings. The van der Waals surface area contributed by atoms with E-state index in [1.807, 2.05) is 0 Å². The third-order valence-electron chi connectivity index (χ3n) is 10.2. The lowest BCUT2D eigenvalue weighted by Crippen LogP contribution is -2.33. The van der Waals surface area contributed by atoms with Gasteiger partial charge in [-0.1, -0.05) is 131 Å². The van der Waals surface area contributed by atoms with E-state index in [1.54, 1.807) is 0 Å². The molecule has 9 rings (SSSR count). The fourth-order valence-corrected chi connectivity index (χ4v) is 8.06. The van der Waals surface area contributed by atoms with Crippen LogP contribution in [-0.2, 0) is 10.8 Å². The molecule has 1 nitrogen and oxygen atoms in total. The highest BCUT2D eigenvalue weighted by Crippen LogP contribution is 2.56. The van der Waals surface area contributed by atoms with E-state index in [0.29, 0.717) is 0 Å². The fourth-order valence-electron chi connectivity index (χ4n) is 8.06. The zero-order chi connectivity index (χ0) is 27.7. The van der Waals surface area contributed by atoms with E-state index in [0.717, 1.165) is 0 Å². The van der Waals surface area contributed by atoms with Gasteiger partial charge in [-0.05, 0) is 67.4 Å². The van der Waals surface area contributed by atoms with Gasteiger partial charge in [-0.15, -0.1) is 0 Å². The summed E-state index contributed by atoms with van der Waals surface area (Å²) in [5.74, 6) is 0. The van der Waals surface area contributed by atoms with E-state index in [2.05, 4.69) is 148 Å². The quantitative estimate of drug-likeness (QED) is 0.212. The monoisotopic (exact) mass is 525 g/mol. The van der Waals surface area contributed by atoms with Crippen LogP contribution < -0.4 is 0 Å². The number of hydrogen-bond acceptors (Lipinski definition) is 0. The van der Waals surface area contributed by atoms with Crippen LogP contribution in [0.1, 0.15) is 49.9 Å². The Hall–Kier alpha value is -4.62. The number of hydrogen-bond donors (Lipinski definition) is 0. The van der Waals surface area contributed by atoms with Crippen molar-refractivity contribution < 1.29 is 0 Å². The first-order valence-electron chi connectivity index (χ1n) is 14.7. The first-order valence-corrected chi connectivity index (χ1v) is 14.7. The Labute approximate surface area is 240 Å². The van der Waals surface area contributed by atoms with Crippen molar-refractivity contribution >= 4 is 32.6 Å². The molecule has 0 saturated carbocycles. The van der Waals surface area contributed by atoms with Crippen LogP contribution in [0.25, 0.3) is 60.5 Å². The van der Waals surface area contributed by atoms with Crippen LogP contribution in [0.2, 0.25) is 0 Å². The van der Waals surface area contributed by atoms with E-state index in [-0.39, 0.29) is 10.8 Å². The van der Waals surface area contributed by atoms with E-state index >= 15 is 0 Å². The minimum atomic E-state index is -0.128. The van der Waals surface area contributed by atoms with Crippen molar-refractivity contribution in [2.24, 2.45) is 0 Å². The van der Waals surface area contributed by atoms with Crippen LogP contribution in [-0.4, -0.2) is 4.57 Å². The molecule has 7 aromatic rings. The zero-order valence-electron chi connectivity index (χ0n) is 23.9. The SMILES string of the molecule is CC1(C)c2cccc3c2-n2c4c1cccc4c1cc(-c4ccc(-c5ccccc5)c5ccccc45)cc(c12)C3(C)C. The molecule has 196 valence electrons. The lowest BCUT2D eigenvalue weighted by atomic mass is 9.68. The third-order valence-corrected chi connectivity index (χ3v) is 10.2. The summed E-state index contributed by atoms with van der Waals surface area (Å²) in [6.45, 7) is 9.63. The standard InChI is InChI=1S/C40H31N/c1-39(2)32-17-10-16-30-31-22-25(27-21-20-26(24-12-6-5-7-13-24)28-14-8-9-15-29(27)28)23-35-37(31)41(36(30)32)38-33(39)18-11-19-34(38)40(35,3)4/h5-23H,1-4H3. The Morgan fingerprint density at radius 3 is 1.66 bits per heavy atom. The second kappa shape index (κ2) is 7.56. The van der Waals surface area contributed by atoms with Crippen LogP contribution in [0.15, 0.2) is 115 Å². The van der Waals surface area contributed by atoms with Gasteiger partial charge in [0.1, 0.15) is 0 Å². The van der Waals surface area contributed by atoms with Gasteiger partial charge in [0.05, 0.1) is 16.7 Å². The molecule has 41 heavy (non-hydrogen) atoms. The van der Waals surface area contributed by atoms with Gasteiger partial charge in [0.25, 0.3) is 0 Å². The highest BCUT2D eigenvalue weighted by molar-refractivity contribution is 6.16. The van der Waals surface area contributed by atoms with Crippen LogP contribution in [0.3, 0.4) is 0 Å². The first-order chi connectivity index (χ1) is 19.9. The molecule has 0 aliphatic carbocycles. The molecule has 0 radical (unpaired) electrons. The van der Waals surface area contributed by atoms with Gasteiger partial charge in [-0.3, -0.25) is 0 Å². The number of rotatable bonds is 2. The molecule has 0 atom stereocenters. The Morgan fingerprint density at radius 1 is 0.415 bits per heavy atom. The zero-order valence-corrected chi connectivity index (χ0v) is 23.9. The maximum atomic E-state index is 2.61. The average Bonchev–Trinajstić information content (AvgIpc) is 3.33. The van der Waals surface area contributed by atoms with Crippen LogP contribution in [0, 0.1) is 0 Å². The summed E-state index contributed by atoms with van der Waals surface area (Å²) in [7, 11) is 0. The Morgan fingerprint density at radius 2 is 0.951 bits per heavy atom. The predicted octanol–water partition coefficient (Wildman–Crippen LogP) is 10.5. The van der Waals surface area contributed by atoms with Crippen molar-refractivity contribution in [3.8, 4) is 27.9 Å². The summed E-state index contributed by atoms with van der Waals surface area (Å²) in [4.78, 5) is 0. The molecular formula is C40H31N. The normalized spacial score (nSPS) is 15.7. The van der Waals surface area contributed by atoms with Crippen molar-refractivity contribution in [2.75, 3.05) is 0 Å². The largest absolute Gasteiger partial charge is 0.308 e. The smallest absolute Gasteiger partial charge is 0.0582 e. The van der Waals surface area contributed by atoms with Gasteiger partial charge >= 0.3 is 0 Å². The fraction of sp³-hybridized carbons (Fsp3) is 0.150. The van der Waals surface area contributed by atoms with Crippen molar-refractivity contribution in [2.45, 2.75) is 38.5 Å². The molecule has 1 heteroatoms. The number of aromatic nitrogens is 1. The Balaban J connectivity index is 1.42. The molecule has 0 saturated heterocycles. The van der Waals surface area contributed by atoms with E-state index < -0.39 is 0 Å². The Kier molecular flexibility index (Phi) is 4.26. The molecule has 0 spiro atoms. The van der Waals surface area contributed by atoms with Crippen LogP contribution in [0.4, 0.5) is 0 Å². The van der Waals surface area contributed by atoms with E-state index in [1.165, 1.54) is 82.8 Å². The highest BCUT2D eigenvalue weighted by atomic mass is 15.0. The van der Waals surface area contributed by atoms with Gasteiger partial charge in [-0.2, -0.15) is 0 Å². The van der Waals surface area contributed by atoms with Crippen molar-refractivity contribution in [3.05, 3.63) is 138 Å². The van der Waals surface area contributed by atoms with Gasteiger partial charge in [0.15, 0.2) is 0 Å². The van der Waals surface area contributed by atoms with Crippen LogP contribution in [0.5, 0.6) is 0 Å². The average molecular weight is 526 g/mol. The molecule has 2 aliphatic heterocycles. The summed E-state index contributed by atoms with van der Waals surface area (Å²) >= 11 is 0. The maximum Gasteiger partial charge on any atom is 0.0582 e. The first kappa shape index (κ1) is 23.1. The van der Waals surface area contributed by atoms with Gasteiger partial charge in [-0.25, -0.2) is 0 Å². The molecule has 0 N–H and O–H groups in total.